The van der Waals surface area contributed by atoms with Gasteiger partial charge in [0.15, 0.2) is 0 Å². The molecule has 0 N–H and O–H groups in total. The van der Waals surface area contributed by atoms with E-state index in [1.807, 2.05) is 0 Å². The van der Waals surface area contributed by atoms with Gasteiger partial charge in [0.1, 0.15) is 24.7 Å². The largest absolute Gasteiger partial charge is 0.321 e. The van der Waals surface area contributed by atoms with Gasteiger partial charge < -0.3 is 4.48 Å². The van der Waals surface area contributed by atoms with Gasteiger partial charge in [-0.2, -0.15) is 0 Å². The molecule has 100 valence electrons. The molecule has 2 aromatic carbocycles. The Balaban J connectivity index is 2.05. The second-order valence-electron chi connectivity index (χ2n) is 5.50. The number of hydrogen-bond donors (Lipinski definition) is 0. The molecule has 0 aromatic heterocycles. The molecular weight excluding hydrogens is 244 g/mol. The Morgan fingerprint density at radius 1 is 0.684 bits per heavy atom. The Labute approximate surface area is 112 Å². The van der Waals surface area contributed by atoms with Crippen LogP contribution in [0, 0.1) is 11.6 Å². The molecule has 0 aliphatic carbocycles. The van der Waals surface area contributed by atoms with Crippen LogP contribution in [0.1, 0.15) is 11.1 Å². The molecule has 2 rings (SSSR count). The van der Waals surface area contributed by atoms with Gasteiger partial charge in [-0.15, -0.1) is 0 Å². The quantitative estimate of drug-likeness (QED) is 0.736. The maximum atomic E-state index is 12.9. The molecule has 2 aromatic rings. The van der Waals surface area contributed by atoms with Gasteiger partial charge in [0.2, 0.25) is 0 Å². The summed E-state index contributed by atoms with van der Waals surface area (Å²) in [5.74, 6) is -0.430. The van der Waals surface area contributed by atoms with E-state index in [4.69, 9.17) is 0 Å². The first-order valence-electron chi connectivity index (χ1n) is 6.25. The van der Waals surface area contributed by atoms with Gasteiger partial charge in [-0.05, 0) is 24.3 Å². The van der Waals surface area contributed by atoms with Gasteiger partial charge >= 0.3 is 0 Å². The molecule has 19 heavy (non-hydrogen) atoms. The summed E-state index contributed by atoms with van der Waals surface area (Å²) < 4.78 is 26.5. The van der Waals surface area contributed by atoms with Crippen molar-refractivity contribution in [1.82, 2.24) is 0 Å². The lowest BCUT2D eigenvalue weighted by Gasteiger charge is -2.30. The maximum Gasteiger partial charge on any atom is 0.123 e. The maximum absolute atomic E-state index is 12.9. The van der Waals surface area contributed by atoms with E-state index in [2.05, 4.69) is 14.1 Å². The minimum atomic E-state index is -0.215. The zero-order chi connectivity index (χ0) is 13.9. The molecule has 0 saturated heterocycles. The summed E-state index contributed by atoms with van der Waals surface area (Å²) >= 11 is 0. The van der Waals surface area contributed by atoms with E-state index < -0.39 is 0 Å². The van der Waals surface area contributed by atoms with E-state index in [-0.39, 0.29) is 11.6 Å². The predicted octanol–water partition coefficient (Wildman–Crippen LogP) is 3.74. The summed E-state index contributed by atoms with van der Waals surface area (Å²) in [7, 11) is 4.21. The van der Waals surface area contributed by atoms with Crippen LogP contribution in [0.5, 0.6) is 0 Å². The molecular formula is C16H18F2N+. The van der Waals surface area contributed by atoms with Crippen molar-refractivity contribution in [1.29, 1.82) is 0 Å². The van der Waals surface area contributed by atoms with Gasteiger partial charge in [-0.3, -0.25) is 0 Å². The second kappa shape index (κ2) is 5.49. The number of rotatable bonds is 4. The van der Waals surface area contributed by atoms with Crippen LogP contribution in [0.25, 0.3) is 0 Å². The number of halogens is 2. The van der Waals surface area contributed by atoms with Crippen molar-refractivity contribution < 1.29 is 13.3 Å². The fourth-order valence-corrected chi connectivity index (χ4v) is 2.22. The molecule has 0 unspecified atom stereocenters. The summed E-state index contributed by atoms with van der Waals surface area (Å²) in [6.45, 7) is 1.61. The Bertz CT molecular complexity index is 480. The van der Waals surface area contributed by atoms with Gasteiger partial charge in [-0.1, -0.05) is 24.3 Å². The molecule has 0 amide bonds. The molecule has 0 spiro atoms. The molecule has 0 aliphatic rings. The summed E-state index contributed by atoms with van der Waals surface area (Å²) in [5.41, 5.74) is 2.18. The molecule has 0 saturated carbocycles. The highest BCUT2D eigenvalue weighted by Gasteiger charge is 2.16. The third-order valence-corrected chi connectivity index (χ3v) is 3.05. The average molecular weight is 262 g/mol. The number of benzene rings is 2. The fourth-order valence-electron chi connectivity index (χ4n) is 2.22. The van der Waals surface area contributed by atoms with Crippen LogP contribution in [0.4, 0.5) is 8.78 Å². The molecule has 3 heteroatoms. The van der Waals surface area contributed by atoms with Gasteiger partial charge in [-0.25, -0.2) is 8.78 Å². The Morgan fingerprint density at radius 2 is 1.00 bits per heavy atom. The highest BCUT2D eigenvalue weighted by Crippen LogP contribution is 2.15. The van der Waals surface area contributed by atoms with Crippen LogP contribution in [0.2, 0.25) is 0 Å². The third-order valence-electron chi connectivity index (χ3n) is 3.05. The van der Waals surface area contributed by atoms with Crippen molar-refractivity contribution in [2.45, 2.75) is 13.1 Å². The second-order valence-corrected chi connectivity index (χ2v) is 5.50. The highest BCUT2D eigenvalue weighted by molar-refractivity contribution is 5.16. The van der Waals surface area contributed by atoms with Crippen LogP contribution in [-0.4, -0.2) is 18.6 Å². The Kier molecular flexibility index (Phi) is 3.96. The number of quaternary nitrogens is 1. The van der Waals surface area contributed by atoms with E-state index in [9.17, 15) is 8.78 Å². The van der Waals surface area contributed by atoms with Crippen LogP contribution in [0.3, 0.4) is 0 Å². The molecule has 0 aliphatic heterocycles. The molecule has 0 heterocycles. The van der Waals surface area contributed by atoms with Crippen molar-refractivity contribution in [3.8, 4) is 0 Å². The number of hydrogen-bond acceptors (Lipinski definition) is 0. The SMILES string of the molecule is C[N+](C)(Cc1ccc(F)cc1)Cc1ccc(F)cc1. The first-order chi connectivity index (χ1) is 8.94. The van der Waals surface area contributed by atoms with Gasteiger partial charge in [0.25, 0.3) is 0 Å². The monoisotopic (exact) mass is 262 g/mol. The highest BCUT2D eigenvalue weighted by atomic mass is 19.1. The minimum Gasteiger partial charge on any atom is -0.321 e. The standard InChI is InChI=1S/C16H18F2N/c1-19(2,11-13-3-7-15(17)8-4-13)12-14-5-9-16(18)10-6-14/h3-10H,11-12H2,1-2H3/q+1. The van der Waals surface area contributed by atoms with E-state index in [1.165, 1.54) is 24.3 Å². The third kappa shape index (κ3) is 4.14. The van der Waals surface area contributed by atoms with Crippen LogP contribution in [0.15, 0.2) is 48.5 Å². The van der Waals surface area contributed by atoms with E-state index in [1.54, 1.807) is 24.3 Å². The molecule has 0 bridgehead atoms. The van der Waals surface area contributed by atoms with Crippen LogP contribution < -0.4 is 0 Å². The predicted molar refractivity (Wildman–Crippen MR) is 72.3 cm³/mol. The van der Waals surface area contributed by atoms with Crippen molar-refractivity contribution in [3.63, 3.8) is 0 Å². The smallest absolute Gasteiger partial charge is 0.123 e. The van der Waals surface area contributed by atoms with Gasteiger partial charge in [0.05, 0.1) is 14.1 Å². The Morgan fingerprint density at radius 3 is 1.32 bits per heavy atom. The lowest BCUT2D eigenvalue weighted by Crippen LogP contribution is -2.37. The topological polar surface area (TPSA) is 0 Å². The summed E-state index contributed by atoms with van der Waals surface area (Å²) in [6.07, 6.45) is 0. The lowest BCUT2D eigenvalue weighted by atomic mass is 10.1. The average Bonchev–Trinajstić information content (AvgIpc) is 2.34. The van der Waals surface area contributed by atoms with Crippen molar-refractivity contribution in [3.05, 3.63) is 71.3 Å². The van der Waals surface area contributed by atoms with E-state index in [0.29, 0.717) is 0 Å². The summed E-state index contributed by atoms with van der Waals surface area (Å²) in [6, 6.07) is 13.1. The fraction of sp³-hybridized carbons (Fsp3) is 0.250. The zero-order valence-electron chi connectivity index (χ0n) is 11.2. The molecule has 0 radical (unpaired) electrons. The molecule has 1 nitrogen and oxygen atoms in total. The first-order valence-corrected chi connectivity index (χ1v) is 6.25. The molecule has 0 atom stereocenters. The van der Waals surface area contributed by atoms with Crippen molar-refractivity contribution in [2.75, 3.05) is 14.1 Å². The van der Waals surface area contributed by atoms with E-state index >= 15 is 0 Å². The number of nitrogens with zero attached hydrogens (tertiary/aromatic N) is 1. The van der Waals surface area contributed by atoms with Crippen molar-refractivity contribution >= 4 is 0 Å². The molecule has 0 fully saturated rings. The zero-order valence-corrected chi connectivity index (χ0v) is 11.2. The summed E-state index contributed by atoms with van der Waals surface area (Å²) in [5, 5.41) is 0. The van der Waals surface area contributed by atoms with Crippen molar-refractivity contribution in [2.24, 2.45) is 0 Å². The first kappa shape index (κ1) is 13.7. The Hall–Kier alpha value is -1.74. The van der Waals surface area contributed by atoms with E-state index in [0.717, 1.165) is 28.7 Å². The van der Waals surface area contributed by atoms with Crippen LogP contribution in [-0.2, 0) is 13.1 Å². The summed E-state index contributed by atoms with van der Waals surface area (Å²) in [4.78, 5) is 0. The van der Waals surface area contributed by atoms with Crippen LogP contribution >= 0.6 is 0 Å². The lowest BCUT2D eigenvalue weighted by molar-refractivity contribution is -0.916. The minimum absolute atomic E-state index is 0.215. The normalized spacial score (nSPS) is 11.6. The van der Waals surface area contributed by atoms with Gasteiger partial charge in [0, 0.05) is 11.1 Å².